The standard InChI is InChI=1S/C18H16BrClN2O4/c1-22(10-16(23)21-13-4-2-3-12(20)9-13)18(24)11-7-14(19)17-15(8-11)25-5-6-26-17/h2-4,7-9H,5-6,10H2,1H3,(H,21,23). The minimum absolute atomic E-state index is 0.0998. The van der Waals surface area contributed by atoms with E-state index in [1.165, 1.54) is 4.90 Å². The maximum absolute atomic E-state index is 12.6. The summed E-state index contributed by atoms with van der Waals surface area (Å²) in [5.41, 5.74) is 0.976. The molecule has 0 saturated carbocycles. The SMILES string of the molecule is CN(CC(=O)Nc1cccc(Cl)c1)C(=O)c1cc(Br)c2c(c1)OCCO2. The van der Waals surface area contributed by atoms with Crippen molar-refractivity contribution >= 4 is 45.0 Å². The molecule has 1 aliphatic rings. The van der Waals surface area contributed by atoms with Crippen molar-refractivity contribution in [3.8, 4) is 11.5 Å². The summed E-state index contributed by atoms with van der Waals surface area (Å²) in [6.07, 6.45) is 0. The van der Waals surface area contributed by atoms with Crippen LogP contribution in [0.15, 0.2) is 40.9 Å². The first-order valence-corrected chi connectivity index (χ1v) is 9.01. The summed E-state index contributed by atoms with van der Waals surface area (Å²) in [6, 6.07) is 10.1. The number of nitrogens with zero attached hydrogens (tertiary/aromatic N) is 1. The number of benzene rings is 2. The molecular formula is C18H16BrClN2O4. The van der Waals surface area contributed by atoms with Gasteiger partial charge in [0.25, 0.3) is 5.91 Å². The van der Waals surface area contributed by atoms with Gasteiger partial charge < -0.3 is 19.7 Å². The molecule has 6 nitrogen and oxygen atoms in total. The molecule has 0 radical (unpaired) electrons. The molecule has 0 bridgehead atoms. The van der Waals surface area contributed by atoms with E-state index in [0.29, 0.717) is 45.5 Å². The maximum atomic E-state index is 12.6. The molecule has 1 aliphatic heterocycles. The van der Waals surface area contributed by atoms with E-state index < -0.39 is 0 Å². The fraction of sp³-hybridized carbons (Fsp3) is 0.222. The van der Waals surface area contributed by atoms with Crippen molar-refractivity contribution in [2.75, 3.05) is 32.1 Å². The Bertz CT molecular complexity index is 859. The second-order valence-corrected chi connectivity index (χ2v) is 6.99. The Kier molecular flexibility index (Phi) is 5.68. The fourth-order valence-electron chi connectivity index (χ4n) is 2.51. The van der Waals surface area contributed by atoms with Gasteiger partial charge in [0.2, 0.25) is 5.91 Å². The van der Waals surface area contributed by atoms with Gasteiger partial charge in [0.1, 0.15) is 13.2 Å². The van der Waals surface area contributed by atoms with Crippen molar-refractivity contribution < 1.29 is 19.1 Å². The van der Waals surface area contributed by atoms with E-state index in [-0.39, 0.29) is 18.4 Å². The van der Waals surface area contributed by atoms with Crippen molar-refractivity contribution in [1.29, 1.82) is 0 Å². The Hall–Kier alpha value is -2.25. The van der Waals surface area contributed by atoms with E-state index in [1.807, 2.05) is 0 Å². The average Bonchev–Trinajstić information content (AvgIpc) is 2.61. The van der Waals surface area contributed by atoms with Crippen LogP contribution in [-0.2, 0) is 4.79 Å². The zero-order chi connectivity index (χ0) is 18.7. The van der Waals surface area contributed by atoms with Crippen molar-refractivity contribution in [3.05, 3.63) is 51.5 Å². The molecule has 0 spiro atoms. The highest BCUT2D eigenvalue weighted by Crippen LogP contribution is 2.38. The number of likely N-dealkylation sites (N-methyl/N-ethyl adjacent to an activating group) is 1. The smallest absolute Gasteiger partial charge is 0.254 e. The van der Waals surface area contributed by atoms with Crippen LogP contribution in [0.1, 0.15) is 10.4 Å². The lowest BCUT2D eigenvalue weighted by molar-refractivity contribution is -0.116. The molecule has 0 unspecified atom stereocenters. The second kappa shape index (κ2) is 7.97. The number of rotatable bonds is 4. The molecule has 0 fully saturated rings. The Morgan fingerprint density at radius 3 is 2.77 bits per heavy atom. The van der Waals surface area contributed by atoms with Crippen molar-refractivity contribution in [1.82, 2.24) is 4.90 Å². The highest BCUT2D eigenvalue weighted by Gasteiger charge is 2.21. The molecule has 1 N–H and O–H groups in total. The fourth-order valence-corrected chi connectivity index (χ4v) is 3.26. The molecule has 136 valence electrons. The van der Waals surface area contributed by atoms with Crippen molar-refractivity contribution in [2.24, 2.45) is 0 Å². The number of fused-ring (bicyclic) bond motifs is 1. The predicted octanol–water partition coefficient (Wildman–Crippen LogP) is 3.58. The first-order chi connectivity index (χ1) is 12.4. The zero-order valence-corrected chi connectivity index (χ0v) is 16.3. The number of halogens is 2. The van der Waals surface area contributed by atoms with Crippen LogP contribution in [0.2, 0.25) is 5.02 Å². The van der Waals surface area contributed by atoms with Crippen LogP contribution in [0, 0.1) is 0 Å². The third kappa shape index (κ3) is 4.28. The van der Waals surface area contributed by atoms with Gasteiger partial charge in [-0.2, -0.15) is 0 Å². The normalized spacial score (nSPS) is 12.4. The Labute approximate surface area is 164 Å². The molecule has 0 aromatic heterocycles. The monoisotopic (exact) mass is 438 g/mol. The number of carbonyl (C=O) groups is 2. The molecule has 0 aliphatic carbocycles. The van der Waals surface area contributed by atoms with Gasteiger partial charge >= 0.3 is 0 Å². The lowest BCUT2D eigenvalue weighted by Gasteiger charge is -2.22. The number of anilines is 1. The number of hydrogen-bond donors (Lipinski definition) is 1. The summed E-state index contributed by atoms with van der Waals surface area (Å²) in [7, 11) is 1.56. The largest absolute Gasteiger partial charge is 0.486 e. The van der Waals surface area contributed by atoms with Crippen LogP contribution in [0.25, 0.3) is 0 Å². The number of nitrogens with one attached hydrogen (secondary N) is 1. The topological polar surface area (TPSA) is 67.9 Å². The number of hydrogen-bond acceptors (Lipinski definition) is 4. The third-order valence-electron chi connectivity index (χ3n) is 3.68. The number of carbonyl (C=O) groups excluding carboxylic acids is 2. The predicted molar refractivity (Wildman–Crippen MR) is 102 cm³/mol. The minimum Gasteiger partial charge on any atom is -0.486 e. The molecule has 0 atom stereocenters. The molecule has 2 aromatic carbocycles. The van der Waals surface area contributed by atoms with E-state index in [2.05, 4.69) is 21.2 Å². The Balaban J connectivity index is 1.68. The summed E-state index contributed by atoms with van der Waals surface area (Å²) in [4.78, 5) is 26.1. The van der Waals surface area contributed by atoms with E-state index in [9.17, 15) is 9.59 Å². The van der Waals surface area contributed by atoms with Crippen molar-refractivity contribution in [3.63, 3.8) is 0 Å². The van der Waals surface area contributed by atoms with Crippen LogP contribution < -0.4 is 14.8 Å². The van der Waals surface area contributed by atoms with Gasteiger partial charge in [-0.1, -0.05) is 17.7 Å². The van der Waals surface area contributed by atoms with E-state index in [0.717, 1.165) is 0 Å². The summed E-state index contributed by atoms with van der Waals surface area (Å²) in [6.45, 7) is 0.787. The van der Waals surface area contributed by atoms with E-state index >= 15 is 0 Å². The molecule has 0 saturated heterocycles. The van der Waals surface area contributed by atoms with Gasteiger partial charge in [-0.3, -0.25) is 9.59 Å². The highest BCUT2D eigenvalue weighted by atomic mass is 79.9. The first kappa shape index (κ1) is 18.5. The molecule has 26 heavy (non-hydrogen) atoms. The lowest BCUT2D eigenvalue weighted by Crippen LogP contribution is -2.35. The van der Waals surface area contributed by atoms with Gasteiger partial charge in [-0.05, 0) is 46.3 Å². The summed E-state index contributed by atoms with van der Waals surface area (Å²) >= 11 is 9.28. The zero-order valence-electron chi connectivity index (χ0n) is 13.9. The van der Waals surface area contributed by atoms with E-state index in [1.54, 1.807) is 43.4 Å². The number of ether oxygens (including phenoxy) is 2. The molecular weight excluding hydrogens is 424 g/mol. The van der Waals surface area contributed by atoms with Gasteiger partial charge in [0.15, 0.2) is 11.5 Å². The lowest BCUT2D eigenvalue weighted by atomic mass is 10.1. The maximum Gasteiger partial charge on any atom is 0.254 e. The first-order valence-electron chi connectivity index (χ1n) is 7.84. The van der Waals surface area contributed by atoms with Gasteiger partial charge in [-0.25, -0.2) is 0 Å². The van der Waals surface area contributed by atoms with Crippen LogP contribution in [0.4, 0.5) is 5.69 Å². The van der Waals surface area contributed by atoms with Crippen LogP contribution in [0.5, 0.6) is 11.5 Å². The molecule has 2 amide bonds. The Morgan fingerprint density at radius 2 is 2.00 bits per heavy atom. The summed E-state index contributed by atoms with van der Waals surface area (Å²) < 4.78 is 11.7. The van der Waals surface area contributed by atoms with Gasteiger partial charge in [-0.15, -0.1) is 0 Å². The average molecular weight is 440 g/mol. The van der Waals surface area contributed by atoms with Gasteiger partial charge in [0.05, 0.1) is 11.0 Å². The van der Waals surface area contributed by atoms with Gasteiger partial charge in [0, 0.05) is 23.3 Å². The van der Waals surface area contributed by atoms with Crippen LogP contribution in [0.3, 0.4) is 0 Å². The molecule has 3 rings (SSSR count). The van der Waals surface area contributed by atoms with Crippen molar-refractivity contribution in [2.45, 2.75) is 0 Å². The summed E-state index contributed by atoms with van der Waals surface area (Å²) in [5, 5.41) is 3.23. The second-order valence-electron chi connectivity index (χ2n) is 5.70. The third-order valence-corrected chi connectivity index (χ3v) is 4.50. The quantitative estimate of drug-likeness (QED) is 0.791. The Morgan fingerprint density at radius 1 is 1.23 bits per heavy atom. The minimum atomic E-state index is -0.320. The molecule has 2 aromatic rings. The highest BCUT2D eigenvalue weighted by molar-refractivity contribution is 9.10. The molecule has 8 heteroatoms. The molecule has 1 heterocycles. The van der Waals surface area contributed by atoms with E-state index in [4.69, 9.17) is 21.1 Å². The summed E-state index contributed by atoms with van der Waals surface area (Å²) in [5.74, 6) is 0.462. The van der Waals surface area contributed by atoms with Crippen LogP contribution >= 0.6 is 27.5 Å². The number of amides is 2. The van der Waals surface area contributed by atoms with Crippen LogP contribution in [-0.4, -0.2) is 43.5 Å².